The number of fused-ring (bicyclic) bond motifs is 3. The molecule has 0 amide bonds. The van der Waals surface area contributed by atoms with Crippen LogP contribution in [0.3, 0.4) is 0 Å². The first-order valence-corrected chi connectivity index (χ1v) is 15.2. The molecule has 0 heterocycles. The van der Waals surface area contributed by atoms with Gasteiger partial charge in [-0.25, -0.2) is 0 Å². The molecule has 1 aromatic rings. The minimum Gasteiger partial charge on any atom is -0.507 e. The van der Waals surface area contributed by atoms with Gasteiger partial charge in [-0.15, -0.1) is 0 Å². The monoisotopic (exact) mass is 566 g/mol. The zero-order valence-electron chi connectivity index (χ0n) is 26.0. The molecule has 7 heteroatoms. The maximum atomic E-state index is 14.5. The molecule has 7 atom stereocenters. The number of Topliss-reactive ketones (excluding diaryl/α,β-unsaturated/α-hetero) is 5. The second-order valence-electron chi connectivity index (χ2n) is 14.4. The third kappa shape index (κ3) is 4.28. The molecule has 4 rings (SSSR count). The van der Waals surface area contributed by atoms with Crippen LogP contribution in [0.15, 0.2) is 6.07 Å². The lowest BCUT2D eigenvalue weighted by Crippen LogP contribution is -2.76. The summed E-state index contributed by atoms with van der Waals surface area (Å²) >= 11 is 0. The van der Waals surface area contributed by atoms with Crippen LogP contribution >= 0.6 is 0 Å². The maximum absolute atomic E-state index is 14.5. The first-order valence-electron chi connectivity index (χ1n) is 15.2. The average molecular weight is 567 g/mol. The van der Waals surface area contributed by atoms with Crippen molar-refractivity contribution in [2.45, 2.75) is 106 Å². The van der Waals surface area contributed by atoms with Crippen LogP contribution in [-0.2, 0) is 32.0 Å². The molecule has 0 aromatic heterocycles. The molecule has 224 valence electrons. The predicted molar refractivity (Wildman–Crippen MR) is 155 cm³/mol. The van der Waals surface area contributed by atoms with E-state index in [4.69, 9.17) is 0 Å². The predicted octanol–water partition coefficient (Wildman–Crippen LogP) is 5.20. The lowest BCUT2D eigenvalue weighted by Gasteiger charge is -2.62. The number of rotatable bonds is 7. The zero-order valence-corrected chi connectivity index (χ0v) is 26.0. The van der Waals surface area contributed by atoms with Crippen LogP contribution in [0, 0.1) is 40.4 Å². The van der Waals surface area contributed by atoms with Gasteiger partial charge in [0.25, 0.3) is 0 Å². The van der Waals surface area contributed by atoms with E-state index in [1.807, 2.05) is 26.8 Å². The number of aromatic hydroxyl groups is 1. The first-order chi connectivity index (χ1) is 18.9. The number of benzene rings is 1. The minimum absolute atomic E-state index is 0.0454. The van der Waals surface area contributed by atoms with Crippen LogP contribution in [0.4, 0.5) is 0 Å². The summed E-state index contributed by atoms with van der Waals surface area (Å²) in [5.41, 5.74) is -2.77. The molecule has 2 saturated carbocycles. The highest BCUT2D eigenvalue weighted by molar-refractivity contribution is 6.32. The summed E-state index contributed by atoms with van der Waals surface area (Å²) in [5, 5.41) is 23.7. The van der Waals surface area contributed by atoms with Crippen molar-refractivity contribution >= 4 is 28.9 Å². The molecule has 0 aliphatic heterocycles. The van der Waals surface area contributed by atoms with Crippen LogP contribution in [0.2, 0.25) is 0 Å². The normalized spacial score (nSPS) is 34.0. The number of carbonyl (C=O) groups excluding carboxylic acids is 5. The third-order valence-corrected chi connectivity index (χ3v) is 10.7. The van der Waals surface area contributed by atoms with Crippen molar-refractivity contribution < 1.29 is 34.2 Å². The van der Waals surface area contributed by atoms with Gasteiger partial charge in [0.15, 0.2) is 28.7 Å². The van der Waals surface area contributed by atoms with Crippen LogP contribution in [0.25, 0.3) is 0 Å². The Hall–Kier alpha value is -2.67. The van der Waals surface area contributed by atoms with Gasteiger partial charge in [0.2, 0.25) is 0 Å². The number of ketones is 5. The van der Waals surface area contributed by atoms with E-state index in [1.54, 1.807) is 20.8 Å². The standard InChI is InChI=1S/C34H46O7/c1-10-18(6)11-12-20-13-21(16(2)3)22-14-32(8)15-33(9)25(17(4)5)28(37)23(19(7)35)30(39)34(33,41)31(40)26(32)29(38)24(22)27(20)36/h13,16-18,23,25-26,36,41H,10-12,14-15H2,1-9H3/t18?,23?,25?,26?,32-,33-,34+/m1/s1. The van der Waals surface area contributed by atoms with Gasteiger partial charge < -0.3 is 10.2 Å². The third-order valence-electron chi connectivity index (χ3n) is 10.7. The Labute approximate surface area is 243 Å². The van der Waals surface area contributed by atoms with Crippen LogP contribution < -0.4 is 0 Å². The Morgan fingerprint density at radius 1 is 1.05 bits per heavy atom. The molecule has 3 aliphatic rings. The summed E-state index contributed by atoms with van der Waals surface area (Å²) in [6.07, 6.45) is 2.75. The van der Waals surface area contributed by atoms with Gasteiger partial charge in [0.1, 0.15) is 17.5 Å². The SMILES string of the molecule is CCC(C)CCc1cc(C(C)C)c2c(c1O)C(=O)C1C(=O)[C@@]3(O)C(=O)C(C(C)=O)C(=O)C(C(C)C)[C@@]3(C)C[C@@]1(C)C2. The number of phenols is 1. The zero-order chi connectivity index (χ0) is 31.0. The van der Waals surface area contributed by atoms with Gasteiger partial charge in [0, 0.05) is 11.3 Å². The lowest BCUT2D eigenvalue weighted by molar-refractivity contribution is -0.205. The van der Waals surface area contributed by atoms with Crippen molar-refractivity contribution in [3.8, 4) is 5.75 Å². The van der Waals surface area contributed by atoms with E-state index >= 15 is 0 Å². The van der Waals surface area contributed by atoms with Gasteiger partial charge in [-0.2, -0.15) is 0 Å². The number of aliphatic hydroxyl groups is 1. The van der Waals surface area contributed by atoms with Gasteiger partial charge in [-0.05, 0) is 72.5 Å². The quantitative estimate of drug-likeness (QED) is 0.435. The van der Waals surface area contributed by atoms with E-state index in [-0.39, 0.29) is 36.0 Å². The molecule has 0 saturated heterocycles. The van der Waals surface area contributed by atoms with E-state index in [0.717, 1.165) is 25.3 Å². The number of hydrogen-bond donors (Lipinski definition) is 2. The van der Waals surface area contributed by atoms with E-state index in [9.17, 15) is 34.2 Å². The molecule has 41 heavy (non-hydrogen) atoms. The second kappa shape index (κ2) is 10.3. The van der Waals surface area contributed by atoms with E-state index in [1.165, 1.54) is 0 Å². The van der Waals surface area contributed by atoms with Gasteiger partial charge in [-0.1, -0.05) is 67.9 Å². The fourth-order valence-electron chi connectivity index (χ4n) is 8.60. The van der Waals surface area contributed by atoms with Crippen LogP contribution in [0.5, 0.6) is 5.75 Å². The van der Waals surface area contributed by atoms with Crippen molar-refractivity contribution in [2.75, 3.05) is 0 Å². The summed E-state index contributed by atoms with van der Waals surface area (Å²) in [5.74, 6) is -8.01. The Kier molecular flexibility index (Phi) is 7.82. The Balaban J connectivity index is 1.95. The Morgan fingerprint density at radius 2 is 1.66 bits per heavy atom. The highest BCUT2D eigenvalue weighted by atomic mass is 16.3. The summed E-state index contributed by atoms with van der Waals surface area (Å²) in [4.78, 5) is 68.9. The number of hydrogen-bond acceptors (Lipinski definition) is 7. The number of aryl methyl sites for hydroxylation is 1. The van der Waals surface area contributed by atoms with Gasteiger partial charge in [-0.3, -0.25) is 24.0 Å². The molecule has 0 radical (unpaired) electrons. The molecule has 7 nitrogen and oxygen atoms in total. The van der Waals surface area contributed by atoms with Crippen molar-refractivity contribution in [1.82, 2.24) is 0 Å². The second-order valence-corrected chi connectivity index (χ2v) is 14.4. The summed E-state index contributed by atoms with van der Waals surface area (Å²) in [6.45, 7) is 16.4. The van der Waals surface area contributed by atoms with Crippen LogP contribution in [0.1, 0.15) is 115 Å². The van der Waals surface area contributed by atoms with Crippen molar-refractivity contribution in [1.29, 1.82) is 0 Å². The molecule has 2 N–H and O–H groups in total. The van der Waals surface area contributed by atoms with E-state index in [0.29, 0.717) is 23.5 Å². The summed E-state index contributed by atoms with van der Waals surface area (Å²) in [6, 6.07) is 1.99. The van der Waals surface area contributed by atoms with Gasteiger partial charge >= 0.3 is 0 Å². The van der Waals surface area contributed by atoms with Crippen molar-refractivity contribution in [3.05, 3.63) is 28.3 Å². The Bertz CT molecular complexity index is 1340. The Morgan fingerprint density at radius 3 is 2.17 bits per heavy atom. The first kappa shape index (κ1) is 31.3. The minimum atomic E-state index is -2.67. The molecule has 2 fully saturated rings. The molecular formula is C34H46O7. The highest BCUT2D eigenvalue weighted by Gasteiger charge is 2.76. The van der Waals surface area contributed by atoms with Crippen LogP contribution in [-0.4, -0.2) is 44.7 Å². The molecule has 0 spiro atoms. The lowest BCUT2D eigenvalue weighted by atomic mass is 9.39. The van der Waals surface area contributed by atoms with E-state index < -0.39 is 63.1 Å². The fourth-order valence-corrected chi connectivity index (χ4v) is 8.60. The topological polar surface area (TPSA) is 126 Å². The molecule has 3 aliphatic carbocycles. The average Bonchev–Trinajstić information content (AvgIpc) is 2.84. The number of carbonyl (C=O) groups is 5. The van der Waals surface area contributed by atoms with E-state index in [2.05, 4.69) is 13.8 Å². The largest absolute Gasteiger partial charge is 0.507 e. The molecular weight excluding hydrogens is 520 g/mol. The summed E-state index contributed by atoms with van der Waals surface area (Å²) in [7, 11) is 0. The van der Waals surface area contributed by atoms with Gasteiger partial charge in [0.05, 0.1) is 11.5 Å². The smallest absolute Gasteiger partial charge is 0.190 e. The van der Waals surface area contributed by atoms with Crippen molar-refractivity contribution in [2.24, 2.45) is 40.4 Å². The molecule has 0 bridgehead atoms. The molecule has 4 unspecified atom stereocenters. The molecule has 1 aromatic carbocycles. The number of phenolic OH excluding ortho intramolecular Hbond substituents is 1. The summed E-state index contributed by atoms with van der Waals surface area (Å²) < 4.78 is 0. The van der Waals surface area contributed by atoms with Crippen molar-refractivity contribution in [3.63, 3.8) is 0 Å². The fraction of sp³-hybridized carbons (Fsp3) is 0.676. The highest BCUT2D eigenvalue weighted by Crippen LogP contribution is 2.64. The maximum Gasteiger partial charge on any atom is 0.190 e.